The number of hydrogen-bond acceptors (Lipinski definition) is 3. The van der Waals surface area contributed by atoms with E-state index in [1.54, 1.807) is 0 Å². The Morgan fingerprint density at radius 2 is 1.81 bits per heavy atom. The zero-order valence-electron chi connectivity index (χ0n) is 16.3. The summed E-state index contributed by atoms with van der Waals surface area (Å²) < 4.78 is 4.80. The highest BCUT2D eigenvalue weighted by atomic mass is 35.5. The number of unbranched alkanes of at least 4 members (excludes halogenated alkanes) is 3. The number of nitrogens with zero attached hydrogens (tertiary/aromatic N) is 1. The Bertz CT molecular complexity index is 545. The van der Waals surface area contributed by atoms with Crippen LogP contribution in [0.4, 0.5) is 0 Å². The van der Waals surface area contributed by atoms with Crippen molar-refractivity contribution < 1.29 is 14.3 Å². The van der Waals surface area contributed by atoms with Crippen LogP contribution in [0, 0.1) is 5.92 Å². The molecule has 0 aliphatic carbocycles. The van der Waals surface area contributed by atoms with E-state index in [0.717, 1.165) is 37.1 Å². The maximum atomic E-state index is 12.7. The Hall–Kier alpha value is -1.55. The predicted molar refractivity (Wildman–Crippen MR) is 106 cm³/mol. The van der Waals surface area contributed by atoms with Crippen molar-refractivity contribution >= 4 is 23.5 Å². The van der Waals surface area contributed by atoms with Crippen LogP contribution in [0.1, 0.15) is 57.9 Å². The molecule has 26 heavy (non-hydrogen) atoms. The largest absolute Gasteiger partial charge is 0.469 e. The predicted octanol–water partition coefficient (Wildman–Crippen LogP) is 4.88. The van der Waals surface area contributed by atoms with Crippen LogP contribution in [0.25, 0.3) is 0 Å². The molecule has 1 atom stereocenters. The maximum Gasteiger partial charge on any atom is 0.310 e. The van der Waals surface area contributed by atoms with Crippen LogP contribution in [-0.4, -0.2) is 37.0 Å². The summed E-state index contributed by atoms with van der Waals surface area (Å²) in [4.78, 5) is 26.2. The number of methoxy groups -OCH3 is 1. The zero-order valence-corrected chi connectivity index (χ0v) is 17.1. The average molecular weight is 382 g/mol. The van der Waals surface area contributed by atoms with Crippen LogP contribution < -0.4 is 0 Å². The molecule has 0 saturated heterocycles. The first-order valence-corrected chi connectivity index (χ1v) is 9.95. The fraction of sp³-hybridized carbons (Fsp3) is 0.619. The summed E-state index contributed by atoms with van der Waals surface area (Å²) in [6, 6.07) is 7.73. The molecule has 1 rings (SSSR count). The highest BCUT2D eigenvalue weighted by molar-refractivity contribution is 6.30. The molecule has 0 aliphatic rings. The van der Waals surface area contributed by atoms with E-state index in [2.05, 4.69) is 6.92 Å². The minimum Gasteiger partial charge on any atom is -0.469 e. The van der Waals surface area contributed by atoms with E-state index in [1.807, 2.05) is 36.1 Å². The summed E-state index contributed by atoms with van der Waals surface area (Å²) in [5.74, 6) is -0.449. The fourth-order valence-electron chi connectivity index (χ4n) is 2.91. The van der Waals surface area contributed by atoms with E-state index >= 15 is 0 Å². The first kappa shape index (κ1) is 22.5. The van der Waals surface area contributed by atoms with Gasteiger partial charge < -0.3 is 9.64 Å². The van der Waals surface area contributed by atoms with Gasteiger partial charge in [0.25, 0.3) is 0 Å². The molecule has 0 aliphatic heterocycles. The summed E-state index contributed by atoms with van der Waals surface area (Å²) in [5, 5.41) is 0.722. The Balaban J connectivity index is 2.52. The molecule has 146 valence electrons. The number of hydrogen-bond donors (Lipinski definition) is 0. The van der Waals surface area contributed by atoms with Crippen molar-refractivity contribution in [2.24, 2.45) is 5.92 Å². The smallest absolute Gasteiger partial charge is 0.310 e. The molecule has 4 nitrogen and oxygen atoms in total. The first-order chi connectivity index (χ1) is 12.5. The number of amides is 1. The molecule has 0 radical (unpaired) electrons. The standard InChI is InChI=1S/C21H32ClNO3/c1-4-5-6-7-15-23(16-17(2)21(25)26-3)20(24)10-8-9-18-11-13-19(22)14-12-18/h11-14,17H,4-10,15-16H2,1-3H3. The maximum absolute atomic E-state index is 12.7. The first-order valence-electron chi connectivity index (χ1n) is 9.58. The van der Waals surface area contributed by atoms with Crippen LogP contribution in [0.15, 0.2) is 24.3 Å². The second-order valence-electron chi connectivity index (χ2n) is 6.80. The lowest BCUT2D eigenvalue weighted by molar-refractivity contribution is -0.146. The molecule has 0 aromatic heterocycles. The van der Waals surface area contributed by atoms with Gasteiger partial charge in [0, 0.05) is 24.5 Å². The molecule has 0 fully saturated rings. The highest BCUT2D eigenvalue weighted by Gasteiger charge is 2.21. The van der Waals surface area contributed by atoms with Crippen molar-refractivity contribution in [2.45, 2.75) is 58.8 Å². The number of carbonyl (C=O) groups excluding carboxylic acids is 2. The van der Waals surface area contributed by atoms with Crippen molar-refractivity contribution in [1.82, 2.24) is 4.90 Å². The lowest BCUT2D eigenvalue weighted by Crippen LogP contribution is -2.38. The summed E-state index contributed by atoms with van der Waals surface area (Å²) in [5.41, 5.74) is 1.18. The summed E-state index contributed by atoms with van der Waals surface area (Å²) in [6.45, 7) is 5.12. The van der Waals surface area contributed by atoms with Crippen molar-refractivity contribution in [2.75, 3.05) is 20.2 Å². The fourth-order valence-corrected chi connectivity index (χ4v) is 3.03. The number of halogens is 1. The van der Waals surface area contributed by atoms with Crippen molar-refractivity contribution in [3.8, 4) is 0 Å². The second-order valence-corrected chi connectivity index (χ2v) is 7.24. The number of benzene rings is 1. The SMILES string of the molecule is CCCCCCN(CC(C)C(=O)OC)C(=O)CCCc1ccc(Cl)cc1. The van der Waals surface area contributed by atoms with Gasteiger partial charge in [-0.15, -0.1) is 0 Å². The molecule has 1 aromatic carbocycles. The molecule has 0 N–H and O–H groups in total. The van der Waals surface area contributed by atoms with E-state index in [9.17, 15) is 9.59 Å². The summed E-state index contributed by atoms with van der Waals surface area (Å²) in [6.07, 6.45) is 6.54. The van der Waals surface area contributed by atoms with Gasteiger partial charge in [0.15, 0.2) is 0 Å². The number of aryl methyl sites for hydroxylation is 1. The molecular weight excluding hydrogens is 350 g/mol. The molecular formula is C21H32ClNO3. The van der Waals surface area contributed by atoms with Crippen LogP contribution in [0.3, 0.4) is 0 Å². The van der Waals surface area contributed by atoms with E-state index in [-0.39, 0.29) is 17.8 Å². The van der Waals surface area contributed by atoms with Crippen LogP contribution in [0.5, 0.6) is 0 Å². The number of rotatable bonds is 12. The van der Waals surface area contributed by atoms with Crippen LogP contribution in [-0.2, 0) is 20.7 Å². The molecule has 5 heteroatoms. The van der Waals surface area contributed by atoms with Gasteiger partial charge in [0.2, 0.25) is 5.91 Å². The Kier molecular flexibility index (Phi) is 11.0. The molecule has 0 saturated carbocycles. The third-order valence-corrected chi connectivity index (χ3v) is 4.75. The number of ether oxygens (including phenoxy) is 1. The van der Waals surface area contributed by atoms with Gasteiger partial charge in [-0.25, -0.2) is 0 Å². The molecule has 1 aromatic rings. The van der Waals surface area contributed by atoms with Gasteiger partial charge in [0.05, 0.1) is 13.0 Å². The minimum absolute atomic E-state index is 0.117. The third-order valence-electron chi connectivity index (χ3n) is 4.50. The molecule has 0 spiro atoms. The summed E-state index contributed by atoms with van der Waals surface area (Å²) >= 11 is 5.90. The Labute approximate surface area is 162 Å². The third kappa shape index (κ3) is 8.70. The van der Waals surface area contributed by atoms with E-state index in [4.69, 9.17) is 16.3 Å². The van der Waals surface area contributed by atoms with Gasteiger partial charge in [-0.05, 0) is 37.0 Å². The zero-order chi connectivity index (χ0) is 19.4. The molecule has 1 unspecified atom stereocenters. The van der Waals surface area contributed by atoms with Gasteiger partial charge in [0.1, 0.15) is 0 Å². The molecule has 0 bridgehead atoms. The van der Waals surface area contributed by atoms with Crippen molar-refractivity contribution in [1.29, 1.82) is 0 Å². The second kappa shape index (κ2) is 12.7. The van der Waals surface area contributed by atoms with Crippen molar-refractivity contribution in [3.63, 3.8) is 0 Å². The molecule has 1 amide bonds. The topological polar surface area (TPSA) is 46.6 Å². The van der Waals surface area contributed by atoms with Gasteiger partial charge in [-0.3, -0.25) is 9.59 Å². The van der Waals surface area contributed by atoms with E-state index in [1.165, 1.54) is 19.1 Å². The van der Waals surface area contributed by atoms with Gasteiger partial charge >= 0.3 is 5.97 Å². The van der Waals surface area contributed by atoms with E-state index in [0.29, 0.717) is 19.5 Å². The summed E-state index contributed by atoms with van der Waals surface area (Å²) in [7, 11) is 1.39. The van der Waals surface area contributed by atoms with E-state index < -0.39 is 0 Å². The van der Waals surface area contributed by atoms with Crippen molar-refractivity contribution in [3.05, 3.63) is 34.9 Å². The van der Waals surface area contributed by atoms with Crippen LogP contribution >= 0.6 is 11.6 Å². The lowest BCUT2D eigenvalue weighted by atomic mass is 10.1. The normalized spacial score (nSPS) is 11.8. The lowest BCUT2D eigenvalue weighted by Gasteiger charge is -2.25. The quantitative estimate of drug-likeness (QED) is 0.383. The van der Waals surface area contributed by atoms with Gasteiger partial charge in [-0.2, -0.15) is 0 Å². The van der Waals surface area contributed by atoms with Crippen LogP contribution in [0.2, 0.25) is 5.02 Å². The molecule has 0 heterocycles. The Morgan fingerprint density at radius 3 is 2.42 bits per heavy atom. The monoisotopic (exact) mass is 381 g/mol. The van der Waals surface area contributed by atoms with Gasteiger partial charge in [-0.1, -0.05) is 56.8 Å². The number of carbonyl (C=O) groups is 2. The Morgan fingerprint density at radius 1 is 1.12 bits per heavy atom. The minimum atomic E-state index is -0.300. The average Bonchev–Trinajstić information content (AvgIpc) is 2.64. The highest BCUT2D eigenvalue weighted by Crippen LogP contribution is 2.13. The number of esters is 1.